The highest BCUT2D eigenvalue weighted by Crippen LogP contribution is 2.11. The Balaban J connectivity index is 2.03. The van der Waals surface area contributed by atoms with E-state index in [0.717, 1.165) is 11.3 Å². The average Bonchev–Trinajstić information content (AvgIpc) is 2.36. The molecule has 1 aromatic heterocycles. The Morgan fingerprint density at radius 2 is 2.00 bits per heavy atom. The fourth-order valence-electron chi connectivity index (χ4n) is 1.60. The molecule has 0 bridgehead atoms. The van der Waals surface area contributed by atoms with Crippen LogP contribution in [0.2, 0.25) is 5.28 Å². The first kappa shape index (κ1) is 13.3. The van der Waals surface area contributed by atoms with Gasteiger partial charge in [-0.25, -0.2) is 9.97 Å². The molecule has 2 rings (SSSR count). The molecular formula is C13H13ClN4O. The number of nitrogens with zero attached hydrogens (tertiary/aromatic N) is 2. The minimum atomic E-state index is -0.433. The highest BCUT2D eigenvalue weighted by Gasteiger charge is 2.02. The molecule has 0 aliphatic carbocycles. The number of anilines is 1. The number of halogens is 1. The average molecular weight is 277 g/mol. The quantitative estimate of drug-likeness (QED) is 0.839. The molecule has 1 amide bonds. The molecule has 5 nitrogen and oxygen atoms in total. The predicted molar refractivity (Wildman–Crippen MR) is 74.1 cm³/mol. The lowest BCUT2D eigenvalue weighted by atomic mass is 10.1. The van der Waals surface area contributed by atoms with Crippen molar-refractivity contribution in [2.75, 3.05) is 5.32 Å². The van der Waals surface area contributed by atoms with Gasteiger partial charge < -0.3 is 11.1 Å². The summed E-state index contributed by atoms with van der Waals surface area (Å²) in [7, 11) is 0. The number of hydrogen-bond donors (Lipinski definition) is 2. The van der Waals surface area contributed by atoms with Gasteiger partial charge in [0.15, 0.2) is 0 Å². The van der Waals surface area contributed by atoms with Gasteiger partial charge in [0, 0.05) is 23.9 Å². The number of nitrogens with two attached hydrogens (primary N) is 1. The second kappa shape index (κ2) is 5.67. The molecule has 1 aromatic carbocycles. The standard InChI is InChI=1S/C13H13ClN4O/c1-8-6-11(18-13(14)17-8)16-7-9-2-4-10(5-3-9)12(15)19/h2-6H,7H2,1H3,(H2,15,19)(H,16,17,18). The zero-order valence-corrected chi connectivity index (χ0v) is 11.1. The molecule has 0 radical (unpaired) electrons. The molecule has 98 valence electrons. The highest BCUT2D eigenvalue weighted by molar-refractivity contribution is 6.28. The van der Waals surface area contributed by atoms with Crippen LogP contribution in [0.15, 0.2) is 30.3 Å². The SMILES string of the molecule is Cc1cc(NCc2ccc(C(N)=O)cc2)nc(Cl)n1. The molecule has 6 heteroatoms. The number of primary amides is 1. The van der Waals surface area contributed by atoms with Crippen LogP contribution in [0, 0.1) is 6.92 Å². The highest BCUT2D eigenvalue weighted by atomic mass is 35.5. The summed E-state index contributed by atoms with van der Waals surface area (Å²) in [5, 5.41) is 3.35. The molecule has 0 atom stereocenters. The summed E-state index contributed by atoms with van der Waals surface area (Å²) in [6, 6.07) is 8.87. The zero-order chi connectivity index (χ0) is 13.8. The van der Waals surface area contributed by atoms with E-state index in [1.807, 2.05) is 25.1 Å². The number of carbonyl (C=O) groups excluding carboxylic acids is 1. The number of benzene rings is 1. The van der Waals surface area contributed by atoms with E-state index in [-0.39, 0.29) is 5.28 Å². The normalized spacial score (nSPS) is 10.2. The molecule has 19 heavy (non-hydrogen) atoms. The largest absolute Gasteiger partial charge is 0.366 e. The number of carbonyl (C=O) groups is 1. The molecule has 0 saturated carbocycles. The summed E-state index contributed by atoms with van der Waals surface area (Å²) in [4.78, 5) is 19.0. The van der Waals surface area contributed by atoms with E-state index in [0.29, 0.717) is 17.9 Å². The maximum absolute atomic E-state index is 10.9. The van der Waals surface area contributed by atoms with Gasteiger partial charge in [-0.2, -0.15) is 0 Å². The van der Waals surface area contributed by atoms with E-state index in [2.05, 4.69) is 15.3 Å². The van der Waals surface area contributed by atoms with Crippen molar-refractivity contribution in [3.05, 3.63) is 52.4 Å². The predicted octanol–water partition coefficient (Wildman–Crippen LogP) is 2.15. The minimum absolute atomic E-state index is 0.214. The van der Waals surface area contributed by atoms with E-state index in [1.54, 1.807) is 12.1 Å². The summed E-state index contributed by atoms with van der Waals surface area (Å²) < 4.78 is 0. The Morgan fingerprint density at radius 3 is 2.58 bits per heavy atom. The number of rotatable bonds is 4. The third kappa shape index (κ3) is 3.66. The Kier molecular flexibility index (Phi) is 3.97. The van der Waals surface area contributed by atoms with Crippen LogP contribution < -0.4 is 11.1 Å². The van der Waals surface area contributed by atoms with Gasteiger partial charge in [0.05, 0.1) is 0 Å². The van der Waals surface area contributed by atoms with Crippen LogP contribution in [0.3, 0.4) is 0 Å². The van der Waals surface area contributed by atoms with Gasteiger partial charge in [-0.3, -0.25) is 4.79 Å². The Labute approximate surface area is 115 Å². The maximum Gasteiger partial charge on any atom is 0.248 e. The van der Waals surface area contributed by atoms with Crippen molar-refractivity contribution < 1.29 is 4.79 Å². The molecule has 1 heterocycles. The Bertz CT molecular complexity index is 578. The first-order chi connectivity index (χ1) is 9.04. The molecular weight excluding hydrogens is 264 g/mol. The van der Waals surface area contributed by atoms with Crippen molar-refractivity contribution in [1.82, 2.24) is 9.97 Å². The second-order valence-electron chi connectivity index (χ2n) is 4.08. The molecule has 0 saturated heterocycles. The molecule has 0 unspecified atom stereocenters. The summed E-state index contributed by atoms with van der Waals surface area (Å²) in [5.74, 6) is 0.231. The summed E-state index contributed by atoms with van der Waals surface area (Å²) >= 11 is 5.77. The van der Waals surface area contributed by atoms with Crippen LogP contribution in [0.25, 0.3) is 0 Å². The molecule has 2 aromatic rings. The second-order valence-corrected chi connectivity index (χ2v) is 4.42. The van der Waals surface area contributed by atoms with Crippen LogP contribution in [-0.2, 0) is 6.54 Å². The van der Waals surface area contributed by atoms with Gasteiger partial charge >= 0.3 is 0 Å². The number of aryl methyl sites for hydroxylation is 1. The Morgan fingerprint density at radius 1 is 1.32 bits per heavy atom. The van der Waals surface area contributed by atoms with Gasteiger partial charge in [-0.1, -0.05) is 12.1 Å². The van der Waals surface area contributed by atoms with Crippen LogP contribution in [0.1, 0.15) is 21.6 Å². The lowest BCUT2D eigenvalue weighted by molar-refractivity contribution is 0.100. The van der Waals surface area contributed by atoms with Crippen molar-refractivity contribution in [2.24, 2.45) is 5.73 Å². The van der Waals surface area contributed by atoms with Crippen LogP contribution >= 0.6 is 11.6 Å². The summed E-state index contributed by atoms with van der Waals surface area (Å²) in [6.07, 6.45) is 0. The summed E-state index contributed by atoms with van der Waals surface area (Å²) in [5.41, 5.74) is 7.48. The zero-order valence-electron chi connectivity index (χ0n) is 10.4. The van der Waals surface area contributed by atoms with Crippen molar-refractivity contribution in [2.45, 2.75) is 13.5 Å². The monoisotopic (exact) mass is 276 g/mol. The lowest BCUT2D eigenvalue weighted by Crippen LogP contribution is -2.11. The molecule has 0 spiro atoms. The van der Waals surface area contributed by atoms with E-state index >= 15 is 0 Å². The van der Waals surface area contributed by atoms with Gasteiger partial charge in [0.1, 0.15) is 5.82 Å². The molecule has 3 N–H and O–H groups in total. The van der Waals surface area contributed by atoms with E-state index in [9.17, 15) is 4.79 Å². The number of hydrogen-bond acceptors (Lipinski definition) is 4. The topological polar surface area (TPSA) is 80.9 Å². The van der Waals surface area contributed by atoms with Crippen molar-refractivity contribution in [3.63, 3.8) is 0 Å². The van der Waals surface area contributed by atoms with Crippen LogP contribution in [-0.4, -0.2) is 15.9 Å². The van der Waals surface area contributed by atoms with E-state index < -0.39 is 5.91 Å². The molecule has 0 aliphatic rings. The fourth-order valence-corrected chi connectivity index (χ4v) is 1.83. The van der Waals surface area contributed by atoms with Gasteiger partial charge in [0.25, 0.3) is 0 Å². The fraction of sp³-hybridized carbons (Fsp3) is 0.154. The van der Waals surface area contributed by atoms with Crippen LogP contribution in [0.4, 0.5) is 5.82 Å². The molecule has 0 fully saturated rings. The van der Waals surface area contributed by atoms with Crippen molar-refractivity contribution in [3.8, 4) is 0 Å². The van der Waals surface area contributed by atoms with Crippen molar-refractivity contribution in [1.29, 1.82) is 0 Å². The third-order valence-corrected chi connectivity index (χ3v) is 2.71. The third-order valence-electron chi connectivity index (χ3n) is 2.54. The smallest absolute Gasteiger partial charge is 0.248 e. The summed E-state index contributed by atoms with van der Waals surface area (Å²) in [6.45, 7) is 2.42. The Hall–Kier alpha value is -2.14. The number of aromatic nitrogens is 2. The first-order valence-corrected chi connectivity index (χ1v) is 6.06. The van der Waals surface area contributed by atoms with Gasteiger partial charge in [0.2, 0.25) is 11.2 Å². The number of nitrogens with one attached hydrogen (secondary N) is 1. The van der Waals surface area contributed by atoms with E-state index in [1.165, 1.54) is 0 Å². The van der Waals surface area contributed by atoms with Gasteiger partial charge in [-0.05, 0) is 36.2 Å². The lowest BCUT2D eigenvalue weighted by Gasteiger charge is -2.07. The van der Waals surface area contributed by atoms with Crippen LogP contribution in [0.5, 0.6) is 0 Å². The maximum atomic E-state index is 10.9. The first-order valence-electron chi connectivity index (χ1n) is 5.68. The van der Waals surface area contributed by atoms with Crippen molar-refractivity contribution >= 4 is 23.3 Å². The van der Waals surface area contributed by atoms with E-state index in [4.69, 9.17) is 17.3 Å². The van der Waals surface area contributed by atoms with Gasteiger partial charge in [-0.15, -0.1) is 0 Å². The number of amides is 1. The minimum Gasteiger partial charge on any atom is -0.366 e. The molecule has 0 aliphatic heterocycles.